The summed E-state index contributed by atoms with van der Waals surface area (Å²) in [5.41, 5.74) is 0. The predicted octanol–water partition coefficient (Wildman–Crippen LogP) is 1.40. The molecule has 0 amide bonds. The van der Waals surface area contributed by atoms with Crippen LogP contribution in [0.1, 0.15) is 33.1 Å². The summed E-state index contributed by atoms with van der Waals surface area (Å²) in [5, 5.41) is 24.9. The van der Waals surface area contributed by atoms with Gasteiger partial charge in [-0.3, -0.25) is 14.4 Å². The molecule has 0 aromatic carbocycles. The standard InChI is InChI=1S/C7H12O4.C4H7O4P/c1-2-5(7(10)11)3-4-6(8)9;1-3(4(5)6)2-9(7)8/h5H,2-4H2,1H3,(H,8,9)(H,10,11);3H,2H2,1H3,(H-,5,6,7,8)/p+1. The van der Waals surface area contributed by atoms with E-state index >= 15 is 0 Å². The molecule has 0 aliphatic rings. The number of hydrogen-bond donors (Lipinski definition) is 4. The summed E-state index contributed by atoms with van der Waals surface area (Å²) >= 11 is 0. The Hall–Kier alpha value is -1.53. The number of aliphatic carboxylic acids is 3. The Bertz CT molecular complexity index is 354. The molecule has 0 heterocycles. The Morgan fingerprint density at radius 3 is 1.80 bits per heavy atom. The van der Waals surface area contributed by atoms with Crippen molar-refractivity contribution in [1.82, 2.24) is 0 Å². The first-order valence-electron chi connectivity index (χ1n) is 5.92. The van der Waals surface area contributed by atoms with E-state index in [-0.39, 0.29) is 19.0 Å². The van der Waals surface area contributed by atoms with Gasteiger partial charge in [-0.15, -0.1) is 0 Å². The number of hydrogen-bond acceptors (Lipinski definition) is 4. The lowest BCUT2D eigenvalue weighted by molar-refractivity contribution is -0.143. The molecule has 4 N–H and O–H groups in total. The molecule has 116 valence electrons. The van der Waals surface area contributed by atoms with Crippen LogP contribution in [0.2, 0.25) is 0 Å². The van der Waals surface area contributed by atoms with Gasteiger partial charge in [-0.25, -0.2) is 0 Å². The smallest absolute Gasteiger partial charge is 0.481 e. The largest absolute Gasteiger partial charge is 0.506 e. The van der Waals surface area contributed by atoms with Crippen LogP contribution in [0.5, 0.6) is 0 Å². The third-order valence-corrected chi connectivity index (χ3v) is 3.26. The minimum absolute atomic E-state index is 0.0647. The van der Waals surface area contributed by atoms with Crippen molar-refractivity contribution in [3.05, 3.63) is 0 Å². The molecule has 0 saturated heterocycles. The van der Waals surface area contributed by atoms with Gasteiger partial charge in [0.2, 0.25) is 0 Å². The molecule has 0 aliphatic heterocycles. The molecule has 0 aromatic heterocycles. The van der Waals surface area contributed by atoms with Gasteiger partial charge < -0.3 is 15.3 Å². The summed E-state index contributed by atoms with van der Waals surface area (Å²) in [6.07, 6.45) is 0.485. The third-order valence-electron chi connectivity index (χ3n) is 2.40. The first-order chi connectivity index (χ1) is 9.11. The van der Waals surface area contributed by atoms with E-state index < -0.39 is 37.8 Å². The van der Waals surface area contributed by atoms with E-state index in [2.05, 4.69) is 0 Å². The summed E-state index contributed by atoms with van der Waals surface area (Å²) in [7, 11) is -2.30. The van der Waals surface area contributed by atoms with Crippen LogP contribution in [0.15, 0.2) is 0 Å². The van der Waals surface area contributed by atoms with Gasteiger partial charge >= 0.3 is 25.9 Å². The monoisotopic (exact) mass is 311 g/mol. The maximum atomic E-state index is 10.4. The summed E-state index contributed by atoms with van der Waals surface area (Å²) in [4.78, 5) is 38.6. The minimum atomic E-state index is -2.30. The summed E-state index contributed by atoms with van der Waals surface area (Å²) < 4.78 is 10.00. The number of carboxylic acids is 3. The van der Waals surface area contributed by atoms with Gasteiger partial charge in [0.25, 0.3) is 0 Å². The molecule has 0 fully saturated rings. The fraction of sp³-hybridized carbons (Fsp3) is 0.727. The molecule has 8 nitrogen and oxygen atoms in total. The average Bonchev–Trinajstić information content (AvgIpc) is 2.28. The Labute approximate surface area is 117 Å². The van der Waals surface area contributed by atoms with Crippen LogP contribution in [0.4, 0.5) is 0 Å². The zero-order valence-electron chi connectivity index (χ0n) is 11.4. The first kappa shape index (κ1) is 20.8. The van der Waals surface area contributed by atoms with Crippen molar-refractivity contribution >= 4 is 25.9 Å². The van der Waals surface area contributed by atoms with Crippen LogP contribution in [0.25, 0.3) is 0 Å². The molecule has 3 unspecified atom stereocenters. The van der Waals surface area contributed by atoms with E-state index in [1.54, 1.807) is 6.92 Å². The highest BCUT2D eigenvalue weighted by atomic mass is 31.1. The van der Waals surface area contributed by atoms with E-state index in [1.165, 1.54) is 6.92 Å². The Morgan fingerprint density at radius 1 is 1.10 bits per heavy atom. The van der Waals surface area contributed by atoms with Gasteiger partial charge in [-0.2, -0.15) is 4.89 Å². The maximum absolute atomic E-state index is 10.4. The van der Waals surface area contributed by atoms with Crippen molar-refractivity contribution in [1.29, 1.82) is 0 Å². The van der Waals surface area contributed by atoms with Crippen LogP contribution < -0.4 is 0 Å². The number of rotatable bonds is 8. The molecule has 9 heteroatoms. The van der Waals surface area contributed by atoms with Crippen molar-refractivity contribution in [2.75, 3.05) is 6.16 Å². The normalized spacial score (nSPS) is 13.4. The molecule has 0 bridgehead atoms. The van der Waals surface area contributed by atoms with Gasteiger partial charge in [-0.05, 0) is 24.3 Å². The van der Waals surface area contributed by atoms with Crippen LogP contribution in [-0.2, 0) is 18.9 Å². The maximum Gasteiger partial charge on any atom is 0.506 e. The van der Waals surface area contributed by atoms with Crippen molar-refractivity contribution < 1.29 is 39.2 Å². The average molecular weight is 311 g/mol. The van der Waals surface area contributed by atoms with Crippen molar-refractivity contribution in [2.45, 2.75) is 33.1 Å². The third kappa shape index (κ3) is 12.9. The summed E-state index contributed by atoms with van der Waals surface area (Å²) in [6.45, 7) is 3.13. The topological polar surface area (TPSA) is 149 Å². The van der Waals surface area contributed by atoms with Gasteiger partial charge in [0, 0.05) is 6.42 Å². The molecule has 20 heavy (non-hydrogen) atoms. The molecule has 0 spiro atoms. The van der Waals surface area contributed by atoms with E-state index in [4.69, 9.17) is 20.2 Å². The lowest BCUT2D eigenvalue weighted by Crippen LogP contribution is -2.13. The summed E-state index contributed by atoms with van der Waals surface area (Å²) in [5.74, 6) is -4.12. The zero-order valence-corrected chi connectivity index (χ0v) is 12.2. The highest BCUT2D eigenvalue weighted by Gasteiger charge is 2.22. The highest BCUT2D eigenvalue weighted by Crippen LogP contribution is 2.17. The molecule has 0 rings (SSSR count). The second-order valence-electron chi connectivity index (χ2n) is 4.15. The van der Waals surface area contributed by atoms with Crippen molar-refractivity contribution in [2.24, 2.45) is 11.8 Å². The van der Waals surface area contributed by atoms with E-state index in [1.807, 2.05) is 0 Å². The van der Waals surface area contributed by atoms with Gasteiger partial charge in [0.1, 0.15) is 5.92 Å². The molecule has 0 radical (unpaired) electrons. The zero-order chi connectivity index (χ0) is 16.3. The van der Waals surface area contributed by atoms with Crippen LogP contribution in [0.3, 0.4) is 0 Å². The van der Waals surface area contributed by atoms with Crippen LogP contribution in [-0.4, -0.2) is 44.3 Å². The Balaban J connectivity index is 0. The lowest BCUT2D eigenvalue weighted by Gasteiger charge is -2.05. The molecular formula is C11H20O8P+. The fourth-order valence-corrected chi connectivity index (χ4v) is 1.74. The number of carbonyl (C=O) groups is 3. The molecule has 0 saturated carbocycles. The van der Waals surface area contributed by atoms with E-state index in [9.17, 15) is 18.9 Å². The second kappa shape index (κ2) is 11.3. The van der Waals surface area contributed by atoms with Gasteiger partial charge in [0.15, 0.2) is 6.16 Å². The van der Waals surface area contributed by atoms with Gasteiger partial charge in [0.05, 0.1) is 5.92 Å². The summed E-state index contributed by atoms with van der Waals surface area (Å²) in [6, 6.07) is 0. The van der Waals surface area contributed by atoms with Crippen molar-refractivity contribution in [3.63, 3.8) is 0 Å². The molecule has 0 aliphatic carbocycles. The minimum Gasteiger partial charge on any atom is -0.481 e. The van der Waals surface area contributed by atoms with Gasteiger partial charge in [-0.1, -0.05) is 6.92 Å². The molecule has 0 aromatic rings. The quantitative estimate of drug-likeness (QED) is 0.491. The van der Waals surface area contributed by atoms with E-state index in [0.717, 1.165) is 0 Å². The Kier molecular flexibility index (Phi) is 11.8. The number of carboxylic acid groups (broad SMARTS) is 3. The Morgan fingerprint density at radius 2 is 1.60 bits per heavy atom. The van der Waals surface area contributed by atoms with Crippen LogP contribution in [0, 0.1) is 11.8 Å². The highest BCUT2D eigenvalue weighted by molar-refractivity contribution is 7.38. The first-order valence-corrected chi connectivity index (χ1v) is 7.32. The van der Waals surface area contributed by atoms with Crippen LogP contribution >= 0.6 is 8.03 Å². The lowest BCUT2D eigenvalue weighted by atomic mass is 10.0. The predicted molar refractivity (Wildman–Crippen MR) is 69.8 cm³/mol. The molecule has 3 atom stereocenters. The van der Waals surface area contributed by atoms with Crippen molar-refractivity contribution in [3.8, 4) is 0 Å². The molecular weight excluding hydrogens is 291 g/mol. The SMILES string of the molecule is CC(C[P+](=O)O)C(=O)O.CCC(CCC(=O)O)C(=O)O. The van der Waals surface area contributed by atoms with E-state index in [0.29, 0.717) is 6.42 Å². The fourth-order valence-electron chi connectivity index (χ4n) is 1.11. The second-order valence-corrected chi connectivity index (χ2v) is 5.22.